The molecule has 0 aliphatic heterocycles. The van der Waals surface area contributed by atoms with Gasteiger partial charge in [0.1, 0.15) is 0 Å². The maximum atomic E-state index is 10.9. The Morgan fingerprint density at radius 3 is 2.62 bits per heavy atom. The number of nitrogens with two attached hydrogens (primary N) is 1. The minimum Gasteiger partial charge on any atom is -0.471 e. The second-order valence-electron chi connectivity index (χ2n) is 2.88. The van der Waals surface area contributed by atoms with Gasteiger partial charge in [0.25, 0.3) is 5.97 Å². The number of esters is 1. The average molecular weight is 355 g/mol. The first kappa shape index (κ1) is 15.6. The van der Waals surface area contributed by atoms with Gasteiger partial charge in [-0.1, -0.05) is 19.3 Å². The molecular formula is C9H17NO2W. The number of carbonyl (C=O) groups excluding carboxylic acids is 1. The van der Waals surface area contributed by atoms with E-state index in [0.717, 1.165) is 12.8 Å². The molecule has 0 saturated carbocycles. The minimum atomic E-state index is -0.201. The van der Waals surface area contributed by atoms with Crippen LogP contribution in [0.3, 0.4) is 0 Å². The molecule has 4 heteroatoms. The zero-order chi connectivity index (χ0) is 9.56. The van der Waals surface area contributed by atoms with Gasteiger partial charge in [0, 0.05) is 0 Å². The smallest absolute Gasteiger partial charge is 0.471 e. The molecule has 76 valence electrons. The summed E-state index contributed by atoms with van der Waals surface area (Å²) in [5.41, 5.74) is 5.44. The number of methoxy groups -OCH3 is 1. The fourth-order valence-electron chi connectivity index (χ4n) is 0.842. The van der Waals surface area contributed by atoms with Crippen LogP contribution in [0.4, 0.5) is 0 Å². The van der Waals surface area contributed by atoms with Crippen LogP contribution in [-0.4, -0.2) is 19.1 Å². The van der Waals surface area contributed by atoms with E-state index >= 15 is 0 Å². The fourth-order valence-corrected chi connectivity index (χ4v) is 0.842. The van der Waals surface area contributed by atoms with Gasteiger partial charge in [-0.3, -0.25) is 4.79 Å². The van der Waals surface area contributed by atoms with E-state index in [9.17, 15) is 4.79 Å². The molecule has 0 aromatic carbocycles. The Balaban J connectivity index is 0. The summed E-state index contributed by atoms with van der Waals surface area (Å²) in [5, 5.41) is 0. The standard InChI is InChI=1S/C9H17NO2.W/c1-7(9(11)12-3)5-4-6-8(2)10;/h5,7-8H,2,4,6,10H2,1,3H3;/q-2;+2. The van der Waals surface area contributed by atoms with Crippen LogP contribution in [0.1, 0.15) is 19.8 Å². The number of ether oxygens (including phenoxy) is 1. The topological polar surface area (TPSA) is 52.3 Å². The largest absolute Gasteiger partial charge is 2.00 e. The van der Waals surface area contributed by atoms with Gasteiger partial charge < -0.3 is 23.8 Å². The van der Waals surface area contributed by atoms with Crippen LogP contribution >= 0.6 is 0 Å². The molecule has 0 aromatic heterocycles. The van der Waals surface area contributed by atoms with Crippen molar-refractivity contribution in [2.45, 2.75) is 25.8 Å². The van der Waals surface area contributed by atoms with Crippen molar-refractivity contribution in [2.75, 3.05) is 7.11 Å². The summed E-state index contributed by atoms with van der Waals surface area (Å²) in [6.07, 6.45) is 3.51. The van der Waals surface area contributed by atoms with Crippen LogP contribution < -0.4 is 5.73 Å². The van der Waals surface area contributed by atoms with Gasteiger partial charge in [-0.25, -0.2) is 0 Å². The molecule has 0 spiro atoms. The molecule has 0 aliphatic carbocycles. The Kier molecular flexibility index (Phi) is 10.4. The first-order valence-electron chi connectivity index (χ1n) is 4.07. The van der Waals surface area contributed by atoms with E-state index in [1.54, 1.807) is 6.92 Å². The van der Waals surface area contributed by atoms with Gasteiger partial charge in [-0.15, -0.1) is 6.04 Å². The molecule has 13 heavy (non-hydrogen) atoms. The molecule has 3 nitrogen and oxygen atoms in total. The van der Waals surface area contributed by atoms with E-state index < -0.39 is 0 Å². The molecule has 0 aromatic rings. The molecule has 0 fully saturated rings. The molecule has 2 unspecified atom stereocenters. The van der Waals surface area contributed by atoms with Crippen LogP contribution in [0.2, 0.25) is 0 Å². The van der Waals surface area contributed by atoms with Crippen molar-refractivity contribution in [3.8, 4) is 0 Å². The molecule has 0 radical (unpaired) electrons. The number of carbonyl (C=O) groups is 1. The summed E-state index contributed by atoms with van der Waals surface area (Å²) in [5.74, 6) is -0.346. The van der Waals surface area contributed by atoms with E-state index in [4.69, 9.17) is 5.73 Å². The first-order chi connectivity index (χ1) is 5.57. The molecule has 0 aliphatic rings. The number of rotatable bonds is 5. The summed E-state index contributed by atoms with van der Waals surface area (Å²) in [6.45, 7) is 5.45. The van der Waals surface area contributed by atoms with Gasteiger partial charge in [0.05, 0.1) is 7.11 Å². The summed E-state index contributed by atoms with van der Waals surface area (Å²) in [7, 11) is 1.39. The van der Waals surface area contributed by atoms with Crippen molar-refractivity contribution >= 4 is 5.97 Å². The van der Waals surface area contributed by atoms with Crippen LogP contribution in [0.5, 0.6) is 0 Å². The summed E-state index contributed by atoms with van der Waals surface area (Å²) < 4.78 is 4.55. The molecular weight excluding hydrogens is 338 g/mol. The summed E-state index contributed by atoms with van der Waals surface area (Å²) in [4.78, 5) is 10.9. The Morgan fingerprint density at radius 1 is 1.69 bits per heavy atom. The second-order valence-corrected chi connectivity index (χ2v) is 2.88. The zero-order valence-corrected chi connectivity index (χ0v) is 11.1. The molecule has 0 amide bonds. The average Bonchev–Trinajstić information content (AvgIpc) is 2.02. The molecule has 2 N–H and O–H groups in total. The molecule has 0 heterocycles. The van der Waals surface area contributed by atoms with Gasteiger partial charge in [0.2, 0.25) is 0 Å². The van der Waals surface area contributed by atoms with Crippen molar-refractivity contribution in [1.29, 1.82) is 0 Å². The van der Waals surface area contributed by atoms with Crippen molar-refractivity contribution in [3.05, 3.63) is 13.3 Å². The van der Waals surface area contributed by atoms with Crippen molar-refractivity contribution in [1.82, 2.24) is 0 Å². The SMILES string of the molecule is [CH2-]C(N)CC[CH-]C(C)C(=O)OC.[W+2]. The molecule has 2 atom stereocenters. The maximum absolute atomic E-state index is 10.9. The maximum Gasteiger partial charge on any atom is 2.00 e. The summed E-state index contributed by atoms with van der Waals surface area (Å²) >= 11 is 0. The zero-order valence-electron chi connectivity index (χ0n) is 8.16. The first-order valence-corrected chi connectivity index (χ1v) is 4.07. The van der Waals surface area contributed by atoms with Crippen LogP contribution in [0, 0.1) is 19.3 Å². The van der Waals surface area contributed by atoms with Crippen molar-refractivity contribution in [2.24, 2.45) is 11.7 Å². The van der Waals surface area contributed by atoms with Crippen molar-refractivity contribution < 1.29 is 30.6 Å². The van der Waals surface area contributed by atoms with E-state index in [2.05, 4.69) is 11.7 Å². The van der Waals surface area contributed by atoms with Gasteiger partial charge in [0.15, 0.2) is 0 Å². The Bertz CT molecular complexity index is 140. The van der Waals surface area contributed by atoms with Gasteiger partial charge in [-0.2, -0.15) is 6.42 Å². The van der Waals surface area contributed by atoms with Gasteiger partial charge >= 0.3 is 21.1 Å². The molecule has 0 bridgehead atoms. The fraction of sp³-hybridized carbons (Fsp3) is 0.667. The quantitative estimate of drug-likeness (QED) is 0.590. The van der Waals surface area contributed by atoms with Crippen LogP contribution in [0.25, 0.3) is 0 Å². The third kappa shape index (κ3) is 8.45. The monoisotopic (exact) mass is 355 g/mol. The van der Waals surface area contributed by atoms with Gasteiger partial charge in [-0.05, 0) is 0 Å². The molecule has 0 rings (SSSR count). The third-order valence-corrected chi connectivity index (χ3v) is 1.63. The Labute approximate surface area is 94.7 Å². The number of hydrogen-bond donors (Lipinski definition) is 1. The Hall–Kier alpha value is 0.118. The predicted octanol–water partition coefficient (Wildman–Crippen LogP) is 0.939. The summed E-state index contributed by atoms with van der Waals surface area (Å²) in [6, 6.07) is -0.0499. The molecule has 0 saturated heterocycles. The third-order valence-electron chi connectivity index (χ3n) is 1.63. The Morgan fingerprint density at radius 2 is 2.23 bits per heavy atom. The van der Waals surface area contributed by atoms with E-state index in [0.29, 0.717) is 0 Å². The van der Waals surface area contributed by atoms with E-state index in [1.165, 1.54) is 7.11 Å². The van der Waals surface area contributed by atoms with Crippen LogP contribution in [0.15, 0.2) is 0 Å². The van der Waals surface area contributed by atoms with E-state index in [-0.39, 0.29) is 39.0 Å². The second kappa shape index (κ2) is 8.70. The van der Waals surface area contributed by atoms with Crippen LogP contribution in [-0.2, 0) is 30.6 Å². The minimum absolute atomic E-state index is 0. The van der Waals surface area contributed by atoms with Crippen molar-refractivity contribution in [3.63, 3.8) is 0 Å². The predicted molar refractivity (Wildman–Crippen MR) is 48.0 cm³/mol. The normalized spacial score (nSPS) is 14.2. The number of hydrogen-bond acceptors (Lipinski definition) is 3. The van der Waals surface area contributed by atoms with E-state index in [1.807, 2.05) is 6.42 Å².